The topological polar surface area (TPSA) is 324 Å². The summed E-state index contributed by atoms with van der Waals surface area (Å²) in [5.41, 5.74) is -1.02. The molecule has 8 bridgehead atoms. The molecule has 0 unspecified atom stereocenters. The molecule has 0 fully saturated rings. The molecule has 18 nitrogen and oxygen atoms in total. The average molecular weight is 901 g/mol. The molecule has 7 rings (SSSR count). The molecule has 0 saturated carbocycles. The molecule has 4 aromatic carbocycles. The zero-order chi connectivity index (χ0) is 43.9. The SMILES string of the molecule is O=S(=O)(O)c1cc2c(O)c(c1)Cc1cc(S(=O)(=O)O)cc(c1O)Cc1cc(S(=O)(=O)O)cc(c1O)Cc1cc(S(=O)(=O)O)cc(c1O)C2.c1ccc(-c2ccccn2)nc1. The molecule has 314 valence electrons. The molecule has 0 aliphatic heterocycles. The third-order valence-electron chi connectivity index (χ3n) is 9.27. The van der Waals surface area contributed by atoms with Gasteiger partial charge in [-0.15, -0.1) is 0 Å². The molecule has 0 amide bonds. The maximum absolute atomic E-state index is 12.2. The van der Waals surface area contributed by atoms with Crippen LogP contribution >= 0.6 is 0 Å². The van der Waals surface area contributed by atoms with Crippen LogP contribution in [0.25, 0.3) is 11.4 Å². The number of rotatable bonds is 5. The molecule has 0 radical (unpaired) electrons. The first-order chi connectivity index (χ1) is 27.9. The van der Waals surface area contributed by atoms with Crippen LogP contribution in [-0.4, -0.2) is 82.3 Å². The van der Waals surface area contributed by atoms with Gasteiger partial charge in [-0.05, 0) is 72.8 Å². The Morgan fingerprint density at radius 2 is 0.550 bits per heavy atom. The highest BCUT2D eigenvalue weighted by Gasteiger charge is 2.27. The van der Waals surface area contributed by atoms with Gasteiger partial charge in [0.2, 0.25) is 0 Å². The molecule has 22 heteroatoms. The minimum Gasteiger partial charge on any atom is -0.507 e. The molecular weight excluding hydrogens is 869 g/mol. The van der Waals surface area contributed by atoms with Crippen LogP contribution < -0.4 is 0 Å². The second-order valence-corrected chi connectivity index (χ2v) is 19.1. The minimum absolute atomic E-state index is 0.356. The molecular formula is C38H32N2O16S4. The van der Waals surface area contributed by atoms with E-state index in [0.717, 1.165) is 59.9 Å². The van der Waals surface area contributed by atoms with Gasteiger partial charge in [0.25, 0.3) is 40.5 Å². The van der Waals surface area contributed by atoms with E-state index < -0.39 is 109 Å². The van der Waals surface area contributed by atoms with Gasteiger partial charge >= 0.3 is 0 Å². The summed E-state index contributed by atoms with van der Waals surface area (Å²) in [6.45, 7) is 0. The molecule has 1 aliphatic carbocycles. The van der Waals surface area contributed by atoms with Crippen molar-refractivity contribution >= 4 is 40.5 Å². The fraction of sp³-hybridized carbons (Fsp3) is 0.105. The largest absolute Gasteiger partial charge is 0.507 e. The number of phenolic OH excluding ortho intramolecular Hbond substituents is 4. The highest BCUT2D eigenvalue weighted by molar-refractivity contribution is 7.86. The van der Waals surface area contributed by atoms with E-state index in [9.17, 15) is 72.3 Å². The van der Waals surface area contributed by atoms with Crippen molar-refractivity contribution < 1.29 is 72.3 Å². The van der Waals surface area contributed by atoms with Crippen LogP contribution in [0.15, 0.2) is 117 Å². The Bertz CT molecular complexity index is 2650. The Morgan fingerprint density at radius 3 is 0.700 bits per heavy atom. The number of hydrogen-bond acceptors (Lipinski definition) is 14. The van der Waals surface area contributed by atoms with Gasteiger partial charge in [0.15, 0.2) is 0 Å². The number of hydrogen-bond donors (Lipinski definition) is 8. The van der Waals surface area contributed by atoms with E-state index in [2.05, 4.69) is 9.97 Å². The summed E-state index contributed by atoms with van der Waals surface area (Å²) in [4.78, 5) is 5.15. The first-order valence-corrected chi connectivity index (χ1v) is 22.8. The van der Waals surface area contributed by atoms with E-state index in [4.69, 9.17) is 0 Å². The molecule has 0 spiro atoms. The third-order valence-corrected chi connectivity index (χ3v) is 12.6. The lowest BCUT2D eigenvalue weighted by molar-refractivity contribution is 0.449. The zero-order valence-electron chi connectivity index (χ0n) is 30.4. The summed E-state index contributed by atoms with van der Waals surface area (Å²) < 4.78 is 137. The molecule has 2 aromatic heterocycles. The Kier molecular flexibility index (Phi) is 11.8. The Balaban J connectivity index is 0.000000428. The quantitative estimate of drug-likeness (QED) is 0.112. The van der Waals surface area contributed by atoms with Gasteiger partial charge in [0.05, 0.1) is 31.0 Å². The normalized spacial score (nSPS) is 13.2. The Labute approximate surface area is 342 Å². The maximum Gasteiger partial charge on any atom is 0.294 e. The number of nitrogens with zero attached hydrogens (tertiary/aromatic N) is 2. The number of benzene rings is 4. The highest BCUT2D eigenvalue weighted by atomic mass is 32.2. The summed E-state index contributed by atoms with van der Waals surface area (Å²) in [6.07, 6.45) is 0.794. The monoisotopic (exact) mass is 900 g/mol. The van der Waals surface area contributed by atoms with Crippen LogP contribution in [0.2, 0.25) is 0 Å². The summed E-state index contributed by atoms with van der Waals surface area (Å²) >= 11 is 0. The summed E-state index contributed by atoms with van der Waals surface area (Å²) in [5.74, 6) is -2.81. The number of aromatic nitrogens is 2. The Hall–Kier alpha value is -5.98. The van der Waals surface area contributed by atoms with Crippen molar-refractivity contribution in [2.45, 2.75) is 45.3 Å². The Morgan fingerprint density at radius 1 is 0.350 bits per heavy atom. The van der Waals surface area contributed by atoms with Crippen LogP contribution in [0.3, 0.4) is 0 Å². The van der Waals surface area contributed by atoms with Crippen molar-refractivity contribution in [3.05, 3.63) is 142 Å². The maximum atomic E-state index is 12.2. The third kappa shape index (κ3) is 9.72. The average Bonchev–Trinajstić information content (AvgIpc) is 3.16. The zero-order valence-corrected chi connectivity index (χ0v) is 33.7. The van der Waals surface area contributed by atoms with E-state index in [-0.39, 0.29) is 44.5 Å². The molecule has 2 heterocycles. The lowest BCUT2D eigenvalue weighted by Crippen LogP contribution is -2.08. The number of aromatic hydroxyl groups is 4. The fourth-order valence-corrected chi connectivity index (χ4v) is 8.76. The van der Waals surface area contributed by atoms with Crippen molar-refractivity contribution in [2.24, 2.45) is 0 Å². The van der Waals surface area contributed by atoms with Gasteiger partial charge in [-0.3, -0.25) is 28.2 Å². The first-order valence-electron chi connectivity index (χ1n) is 17.0. The van der Waals surface area contributed by atoms with Gasteiger partial charge in [-0.1, -0.05) is 12.1 Å². The van der Waals surface area contributed by atoms with Crippen LogP contribution in [0.4, 0.5) is 0 Å². The second-order valence-electron chi connectivity index (χ2n) is 13.4. The minimum atomic E-state index is -5.01. The molecule has 1 aliphatic rings. The van der Waals surface area contributed by atoms with Crippen LogP contribution in [0.5, 0.6) is 23.0 Å². The lowest BCUT2D eigenvalue weighted by atomic mass is 9.91. The van der Waals surface area contributed by atoms with E-state index in [1.54, 1.807) is 12.4 Å². The van der Waals surface area contributed by atoms with Crippen molar-refractivity contribution in [1.82, 2.24) is 9.97 Å². The van der Waals surface area contributed by atoms with Crippen molar-refractivity contribution in [2.75, 3.05) is 0 Å². The highest BCUT2D eigenvalue weighted by Crippen LogP contribution is 2.40. The second kappa shape index (κ2) is 16.2. The number of pyridine rings is 2. The number of fused-ring (bicyclic) bond motifs is 8. The molecule has 60 heavy (non-hydrogen) atoms. The first kappa shape index (κ1) is 43.6. The number of phenols is 4. The summed E-state index contributed by atoms with van der Waals surface area (Å²) in [6, 6.07) is 17.8. The lowest BCUT2D eigenvalue weighted by Gasteiger charge is -2.19. The van der Waals surface area contributed by atoms with Crippen LogP contribution in [0, 0.1) is 0 Å². The van der Waals surface area contributed by atoms with Crippen molar-refractivity contribution in [1.29, 1.82) is 0 Å². The van der Waals surface area contributed by atoms with Crippen LogP contribution in [-0.2, 0) is 66.2 Å². The predicted octanol–water partition coefficient (Wildman–Crippen LogP) is 4.32. The van der Waals surface area contributed by atoms with Crippen molar-refractivity contribution in [3.63, 3.8) is 0 Å². The summed E-state index contributed by atoms with van der Waals surface area (Å²) in [7, 11) is -20.0. The van der Waals surface area contributed by atoms with Gasteiger partial charge in [0.1, 0.15) is 23.0 Å². The van der Waals surface area contributed by atoms with Crippen LogP contribution in [0.1, 0.15) is 44.5 Å². The molecule has 8 N–H and O–H groups in total. The van der Waals surface area contributed by atoms with Crippen molar-refractivity contribution in [3.8, 4) is 34.4 Å². The summed E-state index contributed by atoms with van der Waals surface area (Å²) in [5, 5.41) is 44.8. The van der Waals surface area contributed by atoms with E-state index in [1.807, 2.05) is 36.4 Å². The predicted molar refractivity (Wildman–Crippen MR) is 210 cm³/mol. The smallest absolute Gasteiger partial charge is 0.294 e. The van der Waals surface area contributed by atoms with E-state index in [0.29, 0.717) is 0 Å². The van der Waals surface area contributed by atoms with Gasteiger partial charge < -0.3 is 20.4 Å². The standard InChI is InChI=1S/C28H24O16S4.C10H8N2/c29-25-13-1-14-6-22(46(36,37)38)8-16(26(14)30)3-18-10-24(48(42,43)44)12-20(28(18)32)4-19-11-23(47(39,40)41)9-17(27(19)31)2-15(25)7-21(5-13)45(33,34)35;1-3-7-11-9(5-1)10-6-2-4-8-12-10/h5-12,29-32H,1-4H2,(H,33,34,35)(H,36,37,38)(H,39,40,41)(H,42,43,44);1-8H. The van der Waals surface area contributed by atoms with E-state index >= 15 is 0 Å². The molecule has 0 atom stereocenters. The van der Waals surface area contributed by atoms with Gasteiger partial charge in [0, 0.05) is 82.6 Å². The fourth-order valence-electron chi connectivity index (χ4n) is 6.44. The van der Waals surface area contributed by atoms with Gasteiger partial charge in [-0.25, -0.2) is 0 Å². The molecule has 6 aromatic rings. The van der Waals surface area contributed by atoms with Gasteiger partial charge in [-0.2, -0.15) is 33.7 Å². The molecule has 0 saturated heterocycles. The van der Waals surface area contributed by atoms with E-state index in [1.165, 1.54) is 0 Å².